The van der Waals surface area contributed by atoms with Crippen LogP contribution in [-0.2, 0) is 27.2 Å². The second-order valence-electron chi connectivity index (χ2n) is 8.40. The summed E-state index contributed by atoms with van der Waals surface area (Å²) in [6, 6.07) is 15.7. The third-order valence-corrected chi connectivity index (χ3v) is 5.86. The average molecular weight is 466 g/mol. The van der Waals surface area contributed by atoms with Gasteiger partial charge in [0.1, 0.15) is 11.8 Å². The van der Waals surface area contributed by atoms with Gasteiger partial charge in [0.25, 0.3) is 0 Å². The Labute approximate surface area is 199 Å². The summed E-state index contributed by atoms with van der Waals surface area (Å²) < 4.78 is 5.52. The fourth-order valence-corrected chi connectivity index (χ4v) is 3.92. The fraction of sp³-hybridized carbons (Fsp3) is 0.346. The highest BCUT2D eigenvalue weighted by Crippen LogP contribution is 2.18. The van der Waals surface area contributed by atoms with Gasteiger partial charge in [0, 0.05) is 24.6 Å². The van der Waals surface area contributed by atoms with E-state index in [1.807, 2.05) is 30.3 Å². The van der Waals surface area contributed by atoms with Crippen molar-refractivity contribution in [3.63, 3.8) is 0 Å². The van der Waals surface area contributed by atoms with Gasteiger partial charge in [-0.05, 0) is 36.5 Å². The molecule has 0 spiro atoms. The van der Waals surface area contributed by atoms with E-state index in [1.165, 1.54) is 6.08 Å². The first kappa shape index (κ1) is 25.3. The third-order valence-electron chi connectivity index (χ3n) is 5.86. The summed E-state index contributed by atoms with van der Waals surface area (Å²) in [5, 5.41) is 12.3. The quantitative estimate of drug-likeness (QED) is 0.288. The van der Waals surface area contributed by atoms with E-state index in [0.717, 1.165) is 17.7 Å². The van der Waals surface area contributed by atoms with E-state index in [1.54, 1.807) is 24.3 Å². The average Bonchev–Trinajstić information content (AvgIpc) is 2.87. The largest absolute Gasteiger partial charge is 0.477 e. The lowest BCUT2D eigenvalue weighted by Gasteiger charge is -2.22. The Balaban J connectivity index is 1.65. The number of nitrogens with two attached hydrogens (primary N) is 2. The summed E-state index contributed by atoms with van der Waals surface area (Å²) in [7, 11) is 0. The molecular weight excluding hydrogens is 434 g/mol. The first-order valence-electron chi connectivity index (χ1n) is 11.3. The van der Waals surface area contributed by atoms with Crippen molar-refractivity contribution in [3.05, 3.63) is 83.1 Å². The molecule has 2 aromatic carbocycles. The molecule has 8 heteroatoms. The molecular formula is C26H31N3O5. The summed E-state index contributed by atoms with van der Waals surface area (Å²) in [5.41, 5.74) is 13.8. The number of ketones is 2. The van der Waals surface area contributed by atoms with E-state index in [2.05, 4.69) is 5.32 Å². The Bertz CT molecular complexity index is 1010. The van der Waals surface area contributed by atoms with Crippen molar-refractivity contribution in [2.24, 2.45) is 17.4 Å². The number of aryl methyl sites for hydroxylation is 1. The summed E-state index contributed by atoms with van der Waals surface area (Å²) in [6.07, 6.45) is 2.03. The zero-order valence-corrected chi connectivity index (χ0v) is 19.0. The zero-order valence-electron chi connectivity index (χ0n) is 19.0. The minimum atomic E-state index is -1.27. The first-order chi connectivity index (χ1) is 16.3. The minimum Gasteiger partial charge on any atom is -0.477 e. The molecule has 6 N–H and O–H groups in total. The summed E-state index contributed by atoms with van der Waals surface area (Å²) in [6.45, 7) is 1.71. The van der Waals surface area contributed by atoms with Crippen molar-refractivity contribution in [1.82, 2.24) is 5.32 Å². The minimum absolute atomic E-state index is 0.0885. The topological polar surface area (TPSA) is 145 Å². The lowest BCUT2D eigenvalue weighted by molar-refractivity contribution is -0.132. The number of Topliss-reactive ketones (excluding diaryl/α,β-unsaturated/α-hetero) is 2. The highest BCUT2D eigenvalue weighted by Gasteiger charge is 2.25. The maximum Gasteiger partial charge on any atom is 0.351 e. The van der Waals surface area contributed by atoms with Crippen molar-refractivity contribution in [1.29, 1.82) is 0 Å². The van der Waals surface area contributed by atoms with Crippen LogP contribution in [0.3, 0.4) is 0 Å². The van der Waals surface area contributed by atoms with Crippen molar-refractivity contribution in [2.45, 2.75) is 31.4 Å². The van der Waals surface area contributed by atoms with Gasteiger partial charge in [0.05, 0.1) is 12.6 Å². The van der Waals surface area contributed by atoms with E-state index >= 15 is 0 Å². The normalized spacial score (nSPS) is 18.1. The monoisotopic (exact) mass is 465 g/mol. The Morgan fingerprint density at radius 1 is 1.09 bits per heavy atom. The molecule has 0 aromatic heterocycles. The Morgan fingerprint density at radius 3 is 2.41 bits per heavy atom. The maximum atomic E-state index is 13.1. The number of benzene rings is 2. The fourth-order valence-electron chi connectivity index (χ4n) is 3.92. The number of carboxylic acids is 1. The third kappa shape index (κ3) is 7.08. The Kier molecular flexibility index (Phi) is 9.09. The Hall–Kier alpha value is -3.33. The number of carboxylic acid groups (broad SMARTS) is 1. The predicted molar refractivity (Wildman–Crippen MR) is 128 cm³/mol. The maximum absolute atomic E-state index is 13.1. The first-order valence-corrected chi connectivity index (χ1v) is 11.3. The molecule has 1 fully saturated rings. The van der Waals surface area contributed by atoms with Gasteiger partial charge in [0.2, 0.25) is 0 Å². The number of carbonyl (C=O) groups is 3. The van der Waals surface area contributed by atoms with Crippen molar-refractivity contribution >= 4 is 17.5 Å². The van der Waals surface area contributed by atoms with E-state index in [-0.39, 0.29) is 23.7 Å². The van der Waals surface area contributed by atoms with Gasteiger partial charge in [-0.3, -0.25) is 9.59 Å². The van der Waals surface area contributed by atoms with Gasteiger partial charge in [-0.2, -0.15) is 0 Å². The van der Waals surface area contributed by atoms with Gasteiger partial charge in [-0.25, -0.2) is 4.79 Å². The molecule has 0 bridgehead atoms. The van der Waals surface area contributed by atoms with Gasteiger partial charge in [-0.1, -0.05) is 54.6 Å². The molecule has 0 amide bonds. The molecule has 0 aliphatic carbocycles. The van der Waals surface area contributed by atoms with Gasteiger partial charge < -0.3 is 26.6 Å². The highest BCUT2D eigenvalue weighted by atomic mass is 16.5. The van der Waals surface area contributed by atoms with Crippen LogP contribution in [0.25, 0.3) is 0 Å². The molecule has 3 rings (SSSR count). The number of allylic oxidation sites excluding steroid dienone is 1. The number of nitrogens with one attached hydrogen (secondary N) is 1. The van der Waals surface area contributed by atoms with E-state index in [4.69, 9.17) is 21.3 Å². The smallest absolute Gasteiger partial charge is 0.351 e. The van der Waals surface area contributed by atoms with Gasteiger partial charge in [-0.15, -0.1) is 0 Å². The molecule has 0 saturated carbocycles. The van der Waals surface area contributed by atoms with Crippen LogP contribution >= 0.6 is 0 Å². The summed E-state index contributed by atoms with van der Waals surface area (Å²) in [5.74, 6) is -2.36. The van der Waals surface area contributed by atoms with Crippen molar-refractivity contribution < 1.29 is 24.2 Å². The second kappa shape index (κ2) is 12.2. The molecule has 1 unspecified atom stereocenters. The van der Waals surface area contributed by atoms with Gasteiger partial charge in [0.15, 0.2) is 11.6 Å². The summed E-state index contributed by atoms with van der Waals surface area (Å²) in [4.78, 5) is 36.9. The zero-order chi connectivity index (χ0) is 24.5. The molecule has 3 atom stereocenters. The number of aliphatic carboxylic acids is 1. The van der Waals surface area contributed by atoms with Crippen LogP contribution in [-0.4, -0.2) is 54.5 Å². The number of hydrogen-bond donors (Lipinski definition) is 4. The number of hydrogen-bond acceptors (Lipinski definition) is 7. The molecule has 180 valence electrons. The molecule has 34 heavy (non-hydrogen) atoms. The second-order valence-corrected chi connectivity index (χ2v) is 8.40. The van der Waals surface area contributed by atoms with E-state index in [9.17, 15) is 14.4 Å². The molecule has 1 aliphatic heterocycles. The van der Waals surface area contributed by atoms with Crippen LogP contribution in [0.4, 0.5) is 0 Å². The van der Waals surface area contributed by atoms with Crippen LogP contribution < -0.4 is 16.8 Å². The number of carbonyl (C=O) groups excluding carboxylic acids is 2. The lowest BCUT2D eigenvalue weighted by atomic mass is 9.88. The van der Waals surface area contributed by atoms with E-state index < -0.39 is 24.0 Å². The Morgan fingerprint density at radius 2 is 1.79 bits per heavy atom. The highest BCUT2D eigenvalue weighted by molar-refractivity contribution is 5.99. The van der Waals surface area contributed by atoms with Crippen LogP contribution in [0.1, 0.15) is 27.9 Å². The van der Waals surface area contributed by atoms with Crippen LogP contribution in [0, 0.1) is 5.92 Å². The number of morpholine rings is 1. The lowest BCUT2D eigenvalue weighted by Crippen LogP contribution is -2.43. The number of rotatable bonds is 11. The van der Waals surface area contributed by atoms with Crippen molar-refractivity contribution in [2.75, 3.05) is 19.7 Å². The number of ether oxygens (including phenoxy) is 1. The van der Waals surface area contributed by atoms with Gasteiger partial charge >= 0.3 is 5.97 Å². The molecule has 0 radical (unpaired) electrons. The van der Waals surface area contributed by atoms with Crippen LogP contribution in [0.2, 0.25) is 0 Å². The van der Waals surface area contributed by atoms with Crippen LogP contribution in [0.5, 0.6) is 0 Å². The molecule has 2 aromatic rings. The SMILES string of the molecule is NC(=C[C@H](CCc1ccccc1)C(=O)[C@@H](N)Cc1ccc(C(=O)C2CNCCO2)cc1)C(=O)O. The predicted octanol–water partition coefficient (Wildman–Crippen LogP) is 1.47. The van der Waals surface area contributed by atoms with E-state index in [0.29, 0.717) is 31.6 Å². The molecule has 1 heterocycles. The molecule has 1 saturated heterocycles. The molecule has 1 aliphatic rings. The summed E-state index contributed by atoms with van der Waals surface area (Å²) >= 11 is 0. The molecule has 8 nitrogen and oxygen atoms in total. The van der Waals surface area contributed by atoms with Crippen LogP contribution in [0.15, 0.2) is 66.4 Å². The standard InChI is InChI=1S/C26H31N3O5/c27-21(14-18-7-9-19(10-8-18)25(31)23-16-29-12-13-34-23)24(30)20(15-22(28)26(32)33)11-6-17-4-2-1-3-5-17/h1-5,7-10,15,20-21,23,29H,6,11-14,16,27-28H2,(H,32,33)/t20-,21-,23?/m0/s1. The van der Waals surface area contributed by atoms with Crippen molar-refractivity contribution in [3.8, 4) is 0 Å².